The number of esters is 1. The van der Waals surface area contributed by atoms with E-state index in [1.54, 1.807) is 24.0 Å². The highest BCUT2D eigenvalue weighted by Gasteiger charge is 2.49. The minimum Gasteiger partial charge on any atom is -0.454 e. The van der Waals surface area contributed by atoms with Gasteiger partial charge in [-0.25, -0.2) is 4.79 Å². The molecule has 4 amide bonds. The van der Waals surface area contributed by atoms with Gasteiger partial charge in [-0.05, 0) is 37.5 Å². The van der Waals surface area contributed by atoms with Crippen LogP contribution in [0, 0.1) is 6.92 Å². The van der Waals surface area contributed by atoms with Gasteiger partial charge in [0.15, 0.2) is 6.61 Å². The lowest BCUT2D eigenvalue weighted by molar-refractivity contribution is -0.150. The van der Waals surface area contributed by atoms with E-state index >= 15 is 0 Å². The molecule has 0 spiro atoms. The number of hydrogen-bond donors (Lipinski definition) is 1. The summed E-state index contributed by atoms with van der Waals surface area (Å²) in [7, 11) is 0. The highest BCUT2D eigenvalue weighted by Crippen LogP contribution is 2.29. The van der Waals surface area contributed by atoms with Crippen molar-refractivity contribution in [2.45, 2.75) is 25.8 Å². The molecule has 8 heteroatoms. The molecule has 1 N–H and O–H groups in total. The Balaban J connectivity index is 1.36. The van der Waals surface area contributed by atoms with E-state index in [-0.39, 0.29) is 5.91 Å². The van der Waals surface area contributed by atoms with E-state index in [1.165, 1.54) is 0 Å². The Kier molecular flexibility index (Phi) is 5.22. The topological polar surface area (TPSA) is 96.0 Å². The largest absolute Gasteiger partial charge is 0.454 e. The highest BCUT2D eigenvalue weighted by molar-refractivity contribution is 6.09. The molecular formula is C23H23N3O5. The number of imide groups is 1. The van der Waals surface area contributed by atoms with Gasteiger partial charge in [0.05, 0.1) is 0 Å². The third kappa shape index (κ3) is 3.76. The molecule has 1 saturated heterocycles. The Bertz CT molecular complexity index is 1070. The summed E-state index contributed by atoms with van der Waals surface area (Å²) in [6, 6.07) is 14.1. The molecule has 2 aromatic carbocycles. The molecule has 8 nitrogen and oxygen atoms in total. The molecule has 2 aliphatic heterocycles. The normalized spacial score (nSPS) is 19.9. The fourth-order valence-corrected chi connectivity index (χ4v) is 3.92. The van der Waals surface area contributed by atoms with Crippen molar-refractivity contribution >= 4 is 29.5 Å². The van der Waals surface area contributed by atoms with Gasteiger partial charge >= 0.3 is 12.0 Å². The van der Waals surface area contributed by atoms with Gasteiger partial charge in [0.25, 0.3) is 11.8 Å². The molecular weight excluding hydrogens is 398 g/mol. The van der Waals surface area contributed by atoms with Crippen LogP contribution >= 0.6 is 0 Å². The number of carbonyl (C=O) groups is 4. The highest BCUT2D eigenvalue weighted by atomic mass is 16.5. The van der Waals surface area contributed by atoms with Crippen molar-refractivity contribution in [3.05, 3.63) is 65.2 Å². The molecule has 160 valence electrons. The minimum atomic E-state index is -1.26. The second-order valence-electron chi connectivity index (χ2n) is 7.90. The number of rotatable bonds is 5. The summed E-state index contributed by atoms with van der Waals surface area (Å²) in [4.78, 5) is 52.4. The van der Waals surface area contributed by atoms with Crippen LogP contribution in [0.1, 0.15) is 23.6 Å². The standard InChI is InChI=1S/C23H23N3O5/c1-15-7-9-17(10-8-15)23(2)21(29)26(22(30)24-23)13-20(28)31-14-19(27)25-12-11-16-5-3-4-6-18(16)25/h3-10H,11-14H2,1-2H3,(H,24,30)/t23-/m0/s1. The van der Waals surface area contributed by atoms with Gasteiger partial charge in [-0.3, -0.25) is 19.3 Å². The fourth-order valence-electron chi connectivity index (χ4n) is 3.92. The van der Waals surface area contributed by atoms with E-state index in [0.29, 0.717) is 12.1 Å². The van der Waals surface area contributed by atoms with Gasteiger partial charge < -0.3 is 15.0 Å². The molecule has 0 unspecified atom stereocenters. The number of nitrogens with zero attached hydrogens (tertiary/aromatic N) is 2. The Morgan fingerprint density at radius 1 is 1.10 bits per heavy atom. The smallest absolute Gasteiger partial charge is 0.326 e. The van der Waals surface area contributed by atoms with E-state index in [1.807, 2.05) is 43.3 Å². The predicted molar refractivity (Wildman–Crippen MR) is 112 cm³/mol. The number of aryl methyl sites for hydroxylation is 1. The Morgan fingerprint density at radius 2 is 1.81 bits per heavy atom. The van der Waals surface area contributed by atoms with E-state index < -0.39 is 36.6 Å². The van der Waals surface area contributed by atoms with Crippen LogP contribution in [0.2, 0.25) is 0 Å². The van der Waals surface area contributed by atoms with Gasteiger partial charge in [0.2, 0.25) is 0 Å². The zero-order valence-electron chi connectivity index (χ0n) is 17.4. The van der Waals surface area contributed by atoms with Gasteiger partial charge in [-0.1, -0.05) is 48.0 Å². The van der Waals surface area contributed by atoms with Crippen LogP contribution < -0.4 is 10.2 Å². The van der Waals surface area contributed by atoms with Crippen molar-refractivity contribution in [2.24, 2.45) is 0 Å². The number of ether oxygens (including phenoxy) is 1. The first kappa shape index (κ1) is 20.6. The van der Waals surface area contributed by atoms with Crippen LogP contribution in [0.5, 0.6) is 0 Å². The molecule has 2 aromatic rings. The van der Waals surface area contributed by atoms with Crippen LogP contribution in [0.15, 0.2) is 48.5 Å². The number of carbonyl (C=O) groups excluding carboxylic acids is 4. The van der Waals surface area contributed by atoms with Crippen molar-refractivity contribution < 1.29 is 23.9 Å². The van der Waals surface area contributed by atoms with E-state index in [9.17, 15) is 19.2 Å². The molecule has 4 rings (SSSR count). The number of fused-ring (bicyclic) bond motifs is 1. The van der Waals surface area contributed by atoms with Gasteiger partial charge in [-0.15, -0.1) is 0 Å². The molecule has 0 radical (unpaired) electrons. The van der Waals surface area contributed by atoms with E-state index in [2.05, 4.69) is 5.32 Å². The van der Waals surface area contributed by atoms with Crippen molar-refractivity contribution in [3.8, 4) is 0 Å². The number of hydrogen-bond acceptors (Lipinski definition) is 5. The van der Waals surface area contributed by atoms with Crippen molar-refractivity contribution in [1.29, 1.82) is 0 Å². The molecule has 0 aliphatic carbocycles. The Morgan fingerprint density at radius 3 is 2.55 bits per heavy atom. The van der Waals surface area contributed by atoms with E-state index in [0.717, 1.165) is 28.1 Å². The van der Waals surface area contributed by atoms with Crippen molar-refractivity contribution in [2.75, 3.05) is 24.6 Å². The Labute approximate surface area is 179 Å². The minimum absolute atomic E-state index is 0.347. The maximum Gasteiger partial charge on any atom is 0.326 e. The summed E-state index contributed by atoms with van der Waals surface area (Å²) in [5, 5.41) is 2.65. The van der Waals surface area contributed by atoms with Crippen molar-refractivity contribution in [1.82, 2.24) is 10.2 Å². The summed E-state index contributed by atoms with van der Waals surface area (Å²) in [5.41, 5.74) is 2.26. The maximum atomic E-state index is 12.9. The lowest BCUT2D eigenvalue weighted by Crippen LogP contribution is -2.42. The lowest BCUT2D eigenvalue weighted by atomic mass is 9.91. The monoisotopic (exact) mass is 421 g/mol. The summed E-state index contributed by atoms with van der Waals surface area (Å²) >= 11 is 0. The quantitative estimate of drug-likeness (QED) is 0.588. The van der Waals surface area contributed by atoms with Gasteiger partial charge in [0, 0.05) is 12.2 Å². The summed E-state index contributed by atoms with van der Waals surface area (Å²) in [6.07, 6.45) is 0.746. The number of benzene rings is 2. The first-order valence-electron chi connectivity index (χ1n) is 10.0. The van der Waals surface area contributed by atoms with Gasteiger partial charge in [0.1, 0.15) is 12.1 Å². The van der Waals surface area contributed by atoms with Crippen LogP contribution in [0.4, 0.5) is 10.5 Å². The maximum absolute atomic E-state index is 12.9. The number of anilines is 1. The third-order valence-electron chi connectivity index (χ3n) is 5.74. The van der Waals surface area contributed by atoms with Crippen LogP contribution in [-0.2, 0) is 31.1 Å². The lowest BCUT2D eigenvalue weighted by Gasteiger charge is -2.22. The summed E-state index contributed by atoms with van der Waals surface area (Å²) in [5.74, 6) is -1.71. The van der Waals surface area contributed by atoms with Crippen molar-refractivity contribution in [3.63, 3.8) is 0 Å². The zero-order valence-corrected chi connectivity index (χ0v) is 17.4. The first-order chi connectivity index (χ1) is 14.8. The molecule has 2 heterocycles. The number of para-hydroxylation sites is 1. The Hall–Kier alpha value is -3.68. The molecule has 0 aromatic heterocycles. The number of amides is 4. The second-order valence-corrected chi connectivity index (χ2v) is 7.90. The molecule has 31 heavy (non-hydrogen) atoms. The van der Waals surface area contributed by atoms with Crippen LogP contribution in [0.25, 0.3) is 0 Å². The number of urea groups is 1. The van der Waals surface area contributed by atoms with E-state index in [4.69, 9.17) is 4.74 Å². The first-order valence-corrected chi connectivity index (χ1v) is 10.0. The molecule has 0 saturated carbocycles. The fraction of sp³-hybridized carbons (Fsp3) is 0.304. The molecule has 1 fully saturated rings. The average Bonchev–Trinajstić information content (AvgIpc) is 3.28. The molecule has 1 atom stereocenters. The van der Waals surface area contributed by atoms with Crippen LogP contribution in [0.3, 0.4) is 0 Å². The summed E-state index contributed by atoms with van der Waals surface area (Å²) < 4.78 is 5.08. The zero-order chi connectivity index (χ0) is 22.2. The predicted octanol–water partition coefficient (Wildman–Crippen LogP) is 1.89. The average molecular weight is 421 g/mol. The third-order valence-corrected chi connectivity index (χ3v) is 5.74. The van der Waals surface area contributed by atoms with Gasteiger partial charge in [-0.2, -0.15) is 0 Å². The number of nitrogens with one attached hydrogen (secondary N) is 1. The molecule has 0 bridgehead atoms. The second kappa shape index (κ2) is 7.86. The SMILES string of the molecule is Cc1ccc([C@]2(C)NC(=O)N(CC(=O)OCC(=O)N3CCc4ccccc43)C2=O)cc1. The molecule has 2 aliphatic rings. The van der Waals surface area contributed by atoms with Crippen LogP contribution in [-0.4, -0.2) is 48.4 Å². The summed E-state index contributed by atoms with van der Waals surface area (Å²) in [6.45, 7) is 3.03.